The van der Waals surface area contributed by atoms with Gasteiger partial charge in [-0.1, -0.05) is 6.92 Å². The van der Waals surface area contributed by atoms with E-state index in [0.29, 0.717) is 11.1 Å². The van der Waals surface area contributed by atoms with Crippen molar-refractivity contribution in [3.05, 3.63) is 34.8 Å². The zero-order valence-corrected chi connectivity index (χ0v) is 10.3. The summed E-state index contributed by atoms with van der Waals surface area (Å²) in [6.07, 6.45) is 0.838. The smallest absolute Gasteiger partial charge is 0.128 e. The lowest BCUT2D eigenvalue weighted by molar-refractivity contribution is 0.620. The molecule has 0 aliphatic rings. The van der Waals surface area contributed by atoms with Gasteiger partial charge in [-0.3, -0.25) is 10.8 Å². The minimum atomic E-state index is -0.239. The van der Waals surface area contributed by atoms with E-state index in [2.05, 4.69) is 10.4 Å². The van der Waals surface area contributed by atoms with Crippen molar-refractivity contribution in [1.29, 1.82) is 0 Å². The Labute approximate surface area is 99.8 Å². The molecule has 0 aliphatic heterocycles. The molecular weight excluding hydrogens is 217 g/mol. The van der Waals surface area contributed by atoms with E-state index < -0.39 is 0 Å². The molecule has 1 aromatic carbocycles. The molecule has 2 aromatic rings. The number of hydrogen-bond acceptors (Lipinski definition) is 3. The number of pyridine rings is 1. The Morgan fingerprint density at radius 3 is 2.65 bits per heavy atom. The van der Waals surface area contributed by atoms with Crippen LogP contribution in [0, 0.1) is 19.7 Å². The van der Waals surface area contributed by atoms with Crippen molar-refractivity contribution in [1.82, 2.24) is 4.98 Å². The van der Waals surface area contributed by atoms with Crippen LogP contribution in [0.4, 0.5) is 10.1 Å². The molecule has 0 saturated heterocycles. The average Bonchev–Trinajstić information content (AvgIpc) is 2.30. The third kappa shape index (κ3) is 1.85. The summed E-state index contributed by atoms with van der Waals surface area (Å²) < 4.78 is 13.5. The summed E-state index contributed by atoms with van der Waals surface area (Å²) in [7, 11) is 0. The molecule has 2 rings (SSSR count). The van der Waals surface area contributed by atoms with Gasteiger partial charge in [-0.05, 0) is 37.5 Å². The molecular formula is C13H16FN3. The number of hydrogen-bond donors (Lipinski definition) is 2. The van der Waals surface area contributed by atoms with Gasteiger partial charge in [0.2, 0.25) is 0 Å². The Morgan fingerprint density at radius 1 is 1.35 bits per heavy atom. The first-order valence-electron chi connectivity index (χ1n) is 5.64. The Hall–Kier alpha value is -1.68. The van der Waals surface area contributed by atoms with Crippen LogP contribution in [0.15, 0.2) is 12.1 Å². The fourth-order valence-corrected chi connectivity index (χ4v) is 2.15. The summed E-state index contributed by atoms with van der Waals surface area (Å²) in [5.41, 5.74) is 6.75. The molecule has 0 fully saturated rings. The minimum absolute atomic E-state index is 0.239. The maximum absolute atomic E-state index is 13.5. The second kappa shape index (κ2) is 4.30. The van der Waals surface area contributed by atoms with Gasteiger partial charge in [0.15, 0.2) is 0 Å². The molecule has 1 aromatic heterocycles. The van der Waals surface area contributed by atoms with E-state index in [1.54, 1.807) is 13.0 Å². The number of rotatable bonds is 2. The highest BCUT2D eigenvalue weighted by Crippen LogP contribution is 2.29. The molecule has 0 radical (unpaired) electrons. The zero-order chi connectivity index (χ0) is 12.6. The number of nitrogen functional groups attached to an aromatic ring is 1. The first kappa shape index (κ1) is 11.8. The summed E-state index contributed by atoms with van der Waals surface area (Å²) in [6.45, 7) is 5.70. The predicted octanol–water partition coefficient (Wildman–Crippen LogP) is 2.84. The van der Waals surface area contributed by atoms with Gasteiger partial charge in [0.1, 0.15) is 5.82 Å². The van der Waals surface area contributed by atoms with Crippen LogP contribution < -0.4 is 11.3 Å². The summed E-state index contributed by atoms with van der Waals surface area (Å²) in [4.78, 5) is 4.42. The van der Waals surface area contributed by atoms with Crippen molar-refractivity contribution >= 4 is 16.6 Å². The zero-order valence-electron chi connectivity index (χ0n) is 10.3. The largest absolute Gasteiger partial charge is 0.323 e. The van der Waals surface area contributed by atoms with Gasteiger partial charge in [0.25, 0.3) is 0 Å². The summed E-state index contributed by atoms with van der Waals surface area (Å²) in [5.74, 6) is 5.34. The number of aromatic nitrogens is 1. The molecule has 3 nitrogen and oxygen atoms in total. The highest BCUT2D eigenvalue weighted by atomic mass is 19.1. The molecule has 17 heavy (non-hydrogen) atoms. The van der Waals surface area contributed by atoms with E-state index in [0.717, 1.165) is 28.8 Å². The molecule has 0 aliphatic carbocycles. The molecule has 0 unspecified atom stereocenters. The van der Waals surface area contributed by atoms with E-state index in [-0.39, 0.29) is 5.82 Å². The number of nitrogens with zero attached hydrogens (tertiary/aromatic N) is 1. The molecule has 1 heterocycles. The number of aryl methyl sites for hydroxylation is 2. The number of nitrogens with two attached hydrogens (primary N) is 1. The van der Waals surface area contributed by atoms with Gasteiger partial charge >= 0.3 is 0 Å². The molecule has 0 amide bonds. The normalized spacial score (nSPS) is 10.9. The van der Waals surface area contributed by atoms with Crippen LogP contribution in [0.3, 0.4) is 0 Å². The van der Waals surface area contributed by atoms with Crippen molar-refractivity contribution in [2.24, 2.45) is 5.84 Å². The molecule has 0 bridgehead atoms. The number of fused-ring (bicyclic) bond motifs is 1. The Balaban J connectivity index is 2.89. The molecule has 4 heteroatoms. The molecule has 90 valence electrons. The molecule has 3 N–H and O–H groups in total. The van der Waals surface area contributed by atoms with Crippen LogP contribution in [-0.4, -0.2) is 4.98 Å². The Kier molecular flexibility index (Phi) is 2.98. The topological polar surface area (TPSA) is 50.9 Å². The number of anilines is 1. The maximum atomic E-state index is 13.5. The van der Waals surface area contributed by atoms with E-state index in [1.807, 2.05) is 13.8 Å². The quantitative estimate of drug-likeness (QED) is 0.619. The third-order valence-corrected chi connectivity index (χ3v) is 3.07. The van der Waals surface area contributed by atoms with Gasteiger partial charge in [0.05, 0.1) is 11.2 Å². The van der Waals surface area contributed by atoms with E-state index in [9.17, 15) is 4.39 Å². The van der Waals surface area contributed by atoms with Crippen LogP contribution in [0.1, 0.15) is 23.7 Å². The minimum Gasteiger partial charge on any atom is -0.323 e. The Morgan fingerprint density at radius 2 is 2.06 bits per heavy atom. The Bertz CT molecular complexity index is 579. The summed E-state index contributed by atoms with van der Waals surface area (Å²) in [6, 6.07) is 3.24. The van der Waals surface area contributed by atoms with E-state index in [4.69, 9.17) is 5.84 Å². The van der Waals surface area contributed by atoms with Crippen molar-refractivity contribution in [3.63, 3.8) is 0 Å². The highest BCUT2D eigenvalue weighted by Gasteiger charge is 2.12. The van der Waals surface area contributed by atoms with Crippen molar-refractivity contribution < 1.29 is 4.39 Å². The maximum Gasteiger partial charge on any atom is 0.128 e. The highest BCUT2D eigenvalue weighted by molar-refractivity contribution is 5.93. The lowest BCUT2D eigenvalue weighted by atomic mass is 10.0. The number of hydrazine groups is 1. The monoisotopic (exact) mass is 233 g/mol. The van der Waals surface area contributed by atoms with Crippen LogP contribution in [0.25, 0.3) is 10.9 Å². The predicted molar refractivity (Wildman–Crippen MR) is 68.4 cm³/mol. The molecule has 0 atom stereocenters. The van der Waals surface area contributed by atoms with Gasteiger partial charge in [-0.25, -0.2) is 4.39 Å². The van der Waals surface area contributed by atoms with Gasteiger partial charge < -0.3 is 5.43 Å². The third-order valence-electron chi connectivity index (χ3n) is 3.07. The first-order valence-corrected chi connectivity index (χ1v) is 5.64. The van der Waals surface area contributed by atoms with Crippen LogP contribution >= 0.6 is 0 Å². The number of halogens is 1. The van der Waals surface area contributed by atoms with Crippen LogP contribution in [0.2, 0.25) is 0 Å². The second-order valence-corrected chi connectivity index (χ2v) is 4.17. The van der Waals surface area contributed by atoms with E-state index >= 15 is 0 Å². The van der Waals surface area contributed by atoms with Crippen molar-refractivity contribution in [2.45, 2.75) is 27.2 Å². The van der Waals surface area contributed by atoms with Crippen molar-refractivity contribution in [2.75, 3.05) is 5.43 Å². The molecule has 0 spiro atoms. The second-order valence-electron chi connectivity index (χ2n) is 4.17. The molecule has 0 saturated carbocycles. The number of nitrogens with one attached hydrogen (secondary N) is 1. The number of benzene rings is 1. The fraction of sp³-hybridized carbons (Fsp3) is 0.308. The van der Waals surface area contributed by atoms with E-state index in [1.165, 1.54) is 6.07 Å². The standard InChI is InChI=1S/C13H16FN3/c1-4-9-8(3)16-12-6-11(14)7(2)5-10(12)13(9)17-15/h5-6H,4,15H2,1-3H3,(H,16,17). The van der Waals surface area contributed by atoms with Crippen molar-refractivity contribution in [3.8, 4) is 0 Å². The average molecular weight is 233 g/mol. The van der Waals surface area contributed by atoms with Gasteiger partial charge in [-0.2, -0.15) is 0 Å². The fourth-order valence-electron chi connectivity index (χ4n) is 2.15. The summed E-state index contributed by atoms with van der Waals surface area (Å²) in [5, 5.41) is 0.869. The lowest BCUT2D eigenvalue weighted by Crippen LogP contribution is -2.11. The van der Waals surface area contributed by atoms with Crippen LogP contribution in [-0.2, 0) is 6.42 Å². The van der Waals surface area contributed by atoms with Gasteiger partial charge in [-0.15, -0.1) is 0 Å². The van der Waals surface area contributed by atoms with Gasteiger partial charge in [0, 0.05) is 17.1 Å². The SMILES string of the molecule is CCc1c(C)nc2cc(F)c(C)cc2c1NN. The summed E-state index contributed by atoms with van der Waals surface area (Å²) >= 11 is 0. The van der Waals surface area contributed by atoms with Crippen LogP contribution in [0.5, 0.6) is 0 Å². The first-order chi connectivity index (χ1) is 8.08. The lowest BCUT2D eigenvalue weighted by Gasteiger charge is -2.14.